The highest BCUT2D eigenvalue weighted by molar-refractivity contribution is 7.18. The van der Waals surface area contributed by atoms with E-state index in [-0.39, 0.29) is 10.6 Å². The Morgan fingerprint density at radius 2 is 1.69 bits per heavy atom. The lowest BCUT2D eigenvalue weighted by atomic mass is 10.1. The van der Waals surface area contributed by atoms with Gasteiger partial charge in [0.2, 0.25) is 0 Å². The van der Waals surface area contributed by atoms with Crippen molar-refractivity contribution in [1.82, 2.24) is 9.97 Å². The number of benzene rings is 2. The normalized spacial score (nSPS) is 10.8. The van der Waals surface area contributed by atoms with Gasteiger partial charge in [-0.3, -0.25) is 10.1 Å². The highest BCUT2D eigenvalue weighted by Gasteiger charge is 2.14. The van der Waals surface area contributed by atoms with Crippen LogP contribution in [0.2, 0.25) is 0 Å². The van der Waals surface area contributed by atoms with Crippen LogP contribution in [0.3, 0.4) is 0 Å². The lowest BCUT2D eigenvalue weighted by Gasteiger charge is -1.97. The molecule has 0 spiro atoms. The van der Waals surface area contributed by atoms with E-state index < -0.39 is 0 Å². The van der Waals surface area contributed by atoms with E-state index >= 15 is 0 Å². The number of nitrogens with zero attached hydrogens (tertiary/aromatic N) is 2. The van der Waals surface area contributed by atoms with Gasteiger partial charge in [-0.1, -0.05) is 42.5 Å². The number of hydrogen-bond donors (Lipinski definition) is 1. The summed E-state index contributed by atoms with van der Waals surface area (Å²) < 4.78 is 0. The number of rotatable bonds is 4. The number of H-pyrrole nitrogens is 1. The number of imidazole rings is 1. The summed E-state index contributed by atoms with van der Waals surface area (Å²) in [6.07, 6.45) is 0. The van der Waals surface area contributed by atoms with Crippen LogP contribution < -0.4 is 0 Å². The highest BCUT2D eigenvalue weighted by atomic mass is 32.1. The van der Waals surface area contributed by atoms with Crippen LogP contribution in [0.25, 0.3) is 32.4 Å². The average Bonchev–Trinajstić information content (AvgIpc) is 3.29. The van der Waals surface area contributed by atoms with Crippen molar-refractivity contribution in [2.75, 3.05) is 0 Å². The van der Waals surface area contributed by atoms with E-state index in [2.05, 4.69) is 4.98 Å². The third-order valence-corrected chi connectivity index (χ3v) is 5.25. The predicted octanol–water partition coefficient (Wildman–Crippen LogP) is 5.69. The second kappa shape index (κ2) is 6.57. The smallest absolute Gasteiger partial charge is 0.270 e. The number of nitrogens with one attached hydrogen (secondary N) is 1. The summed E-state index contributed by atoms with van der Waals surface area (Å²) in [5, 5.41) is 11.0. The number of aromatic amines is 1. The fourth-order valence-corrected chi connectivity index (χ4v) is 3.79. The van der Waals surface area contributed by atoms with Gasteiger partial charge in [-0.25, -0.2) is 4.98 Å². The predicted molar refractivity (Wildman–Crippen MR) is 104 cm³/mol. The van der Waals surface area contributed by atoms with Gasteiger partial charge in [0.15, 0.2) is 0 Å². The molecule has 128 valence electrons. The number of hydrogen-bond acceptors (Lipinski definition) is 4. The van der Waals surface area contributed by atoms with Crippen molar-refractivity contribution in [3.63, 3.8) is 0 Å². The van der Waals surface area contributed by atoms with Gasteiger partial charge in [0.05, 0.1) is 15.5 Å². The number of thiophene rings is 1. The Hall–Kier alpha value is -3.25. The number of non-ortho nitro benzene ring substituents is 1. The first kappa shape index (κ1) is 16.2. The largest absolute Gasteiger partial charge is 0.341 e. The van der Waals surface area contributed by atoms with E-state index in [1.165, 1.54) is 6.07 Å². The van der Waals surface area contributed by atoms with Gasteiger partial charge < -0.3 is 4.98 Å². The Morgan fingerprint density at radius 3 is 2.46 bits per heavy atom. The molecular formula is C20H15N3O2S. The molecule has 2 aromatic heterocycles. The maximum atomic E-state index is 11.0. The van der Waals surface area contributed by atoms with E-state index in [1.807, 2.05) is 55.5 Å². The minimum absolute atomic E-state index is 0.0951. The molecule has 0 amide bonds. The standard InChI is InChI=1S/C20H15N3O2S/c1-13-19(14-6-3-2-4-7-14)22-20(21-13)18-11-10-17(26-18)15-8-5-9-16(12-15)23(24)25/h2-12H,1H3,(H,21,22). The fraction of sp³-hybridized carbons (Fsp3) is 0.0500. The molecular weight excluding hydrogens is 346 g/mol. The fourth-order valence-electron chi connectivity index (χ4n) is 2.85. The second-order valence-electron chi connectivity index (χ2n) is 5.90. The minimum Gasteiger partial charge on any atom is -0.341 e. The van der Waals surface area contributed by atoms with Crippen molar-refractivity contribution in [3.05, 3.63) is 82.5 Å². The first-order chi connectivity index (χ1) is 12.6. The molecule has 0 saturated carbocycles. The molecule has 1 N–H and O–H groups in total. The van der Waals surface area contributed by atoms with E-state index in [9.17, 15) is 10.1 Å². The molecule has 0 unspecified atom stereocenters. The summed E-state index contributed by atoms with van der Waals surface area (Å²) in [7, 11) is 0. The molecule has 26 heavy (non-hydrogen) atoms. The van der Waals surface area contributed by atoms with Crippen LogP contribution in [0, 0.1) is 17.0 Å². The molecule has 4 aromatic rings. The SMILES string of the molecule is Cc1[nH]c(-c2ccc(-c3cccc([N+](=O)[O-])c3)s2)nc1-c1ccccc1. The van der Waals surface area contributed by atoms with E-state index in [1.54, 1.807) is 23.5 Å². The van der Waals surface area contributed by atoms with Crippen molar-refractivity contribution in [2.24, 2.45) is 0 Å². The van der Waals surface area contributed by atoms with Gasteiger partial charge in [-0.2, -0.15) is 0 Å². The molecule has 5 nitrogen and oxygen atoms in total. The van der Waals surface area contributed by atoms with Crippen LogP contribution in [0.1, 0.15) is 5.69 Å². The zero-order chi connectivity index (χ0) is 18.1. The van der Waals surface area contributed by atoms with E-state index in [4.69, 9.17) is 4.98 Å². The van der Waals surface area contributed by atoms with Crippen molar-refractivity contribution in [1.29, 1.82) is 0 Å². The molecule has 0 aliphatic rings. The summed E-state index contributed by atoms with van der Waals surface area (Å²) in [5.74, 6) is 0.808. The molecule has 0 radical (unpaired) electrons. The third kappa shape index (κ3) is 3.02. The van der Waals surface area contributed by atoms with Gasteiger partial charge in [0, 0.05) is 28.3 Å². The van der Waals surface area contributed by atoms with Crippen molar-refractivity contribution in [3.8, 4) is 32.4 Å². The first-order valence-electron chi connectivity index (χ1n) is 8.09. The van der Waals surface area contributed by atoms with Gasteiger partial charge in [0.25, 0.3) is 5.69 Å². The zero-order valence-corrected chi connectivity index (χ0v) is 14.8. The molecule has 0 bridgehead atoms. The number of aromatic nitrogens is 2. The first-order valence-corrected chi connectivity index (χ1v) is 8.90. The topological polar surface area (TPSA) is 71.8 Å². The van der Waals surface area contributed by atoms with Crippen LogP contribution in [-0.4, -0.2) is 14.9 Å². The Balaban J connectivity index is 1.69. The molecule has 6 heteroatoms. The van der Waals surface area contributed by atoms with E-state index in [0.29, 0.717) is 0 Å². The zero-order valence-electron chi connectivity index (χ0n) is 14.0. The summed E-state index contributed by atoms with van der Waals surface area (Å²) >= 11 is 1.56. The van der Waals surface area contributed by atoms with Crippen molar-refractivity contribution in [2.45, 2.75) is 6.92 Å². The van der Waals surface area contributed by atoms with Crippen molar-refractivity contribution < 1.29 is 4.92 Å². The van der Waals surface area contributed by atoms with Gasteiger partial charge >= 0.3 is 0 Å². The Bertz CT molecular complexity index is 1080. The molecule has 4 rings (SSSR count). The minimum atomic E-state index is -0.375. The highest BCUT2D eigenvalue weighted by Crippen LogP contribution is 2.35. The summed E-state index contributed by atoms with van der Waals surface area (Å²) in [6.45, 7) is 2.01. The maximum Gasteiger partial charge on any atom is 0.270 e. The van der Waals surface area contributed by atoms with Gasteiger partial charge in [-0.05, 0) is 24.6 Å². The lowest BCUT2D eigenvalue weighted by Crippen LogP contribution is -1.87. The molecule has 0 fully saturated rings. The maximum absolute atomic E-state index is 11.0. The molecule has 0 atom stereocenters. The Labute approximate surface area is 154 Å². The summed E-state index contributed by atoms with van der Waals surface area (Å²) in [5.41, 5.74) is 3.95. The lowest BCUT2D eigenvalue weighted by molar-refractivity contribution is -0.384. The van der Waals surface area contributed by atoms with Crippen molar-refractivity contribution >= 4 is 17.0 Å². The molecule has 2 heterocycles. The van der Waals surface area contributed by atoms with Crippen LogP contribution in [0.5, 0.6) is 0 Å². The molecule has 2 aromatic carbocycles. The monoisotopic (exact) mass is 361 g/mol. The van der Waals surface area contributed by atoms with Crippen LogP contribution >= 0.6 is 11.3 Å². The Morgan fingerprint density at radius 1 is 0.962 bits per heavy atom. The average molecular weight is 361 g/mol. The quantitative estimate of drug-likeness (QED) is 0.375. The Kier molecular flexibility index (Phi) is 4.10. The van der Waals surface area contributed by atoms with Crippen LogP contribution in [0.4, 0.5) is 5.69 Å². The molecule has 0 aliphatic carbocycles. The number of aryl methyl sites for hydroxylation is 1. The molecule has 0 aliphatic heterocycles. The van der Waals surface area contributed by atoms with E-state index in [0.717, 1.165) is 38.1 Å². The number of nitro groups is 1. The summed E-state index contributed by atoms with van der Waals surface area (Å²) in [4.78, 5) is 20.7. The van der Waals surface area contributed by atoms with Gasteiger partial charge in [-0.15, -0.1) is 11.3 Å². The second-order valence-corrected chi connectivity index (χ2v) is 6.98. The van der Waals surface area contributed by atoms with Gasteiger partial charge in [0.1, 0.15) is 5.82 Å². The number of nitro benzene ring substituents is 1. The third-order valence-electron chi connectivity index (χ3n) is 4.11. The van der Waals surface area contributed by atoms with Crippen LogP contribution in [-0.2, 0) is 0 Å². The molecule has 0 saturated heterocycles. The van der Waals surface area contributed by atoms with Crippen LogP contribution in [0.15, 0.2) is 66.7 Å². The summed E-state index contributed by atoms with van der Waals surface area (Å²) in [6, 6.07) is 20.7.